The van der Waals surface area contributed by atoms with Crippen molar-refractivity contribution in [2.45, 2.75) is 32.2 Å². The van der Waals surface area contributed by atoms with E-state index >= 15 is 0 Å². The number of carbonyl (C=O) groups excluding carboxylic acids is 1. The number of hydrogen-bond donors (Lipinski definition) is 2. The molecule has 0 fully saturated rings. The highest BCUT2D eigenvalue weighted by Crippen LogP contribution is 2.18. The van der Waals surface area contributed by atoms with Gasteiger partial charge in [0.2, 0.25) is 0 Å². The van der Waals surface area contributed by atoms with Gasteiger partial charge in [0.15, 0.2) is 5.78 Å². The zero-order valence-corrected chi connectivity index (χ0v) is 17.3. The summed E-state index contributed by atoms with van der Waals surface area (Å²) in [4.78, 5) is 48.3. The molecule has 32 heavy (non-hydrogen) atoms. The minimum Gasteiger partial charge on any atom is -0.481 e. The highest BCUT2D eigenvalue weighted by Gasteiger charge is 2.16. The Morgan fingerprint density at radius 2 is 1.84 bits per heavy atom. The summed E-state index contributed by atoms with van der Waals surface area (Å²) in [6.45, 7) is -0.104. The number of carboxylic acids is 1. The zero-order valence-electron chi connectivity index (χ0n) is 17.3. The summed E-state index contributed by atoms with van der Waals surface area (Å²) in [5, 5.41) is 9.93. The SMILES string of the molecule is O=C(O)CCc1ncc(-c2ccccc2)n(CC(=O)CCc2cc3cnccc3[nH]2)c1=O. The number of aromatic nitrogens is 4. The standard InChI is InChI=1S/C24H22N4O4/c29-19(7-6-18-12-17-13-25-11-10-20(17)27-18)15-28-22(16-4-2-1-3-5-16)14-26-21(24(28)32)8-9-23(30)31/h1-5,10-14,27H,6-9,15H2,(H,30,31). The summed E-state index contributed by atoms with van der Waals surface area (Å²) < 4.78 is 1.40. The highest BCUT2D eigenvalue weighted by molar-refractivity contribution is 5.81. The van der Waals surface area contributed by atoms with Gasteiger partial charge in [-0.15, -0.1) is 0 Å². The minimum atomic E-state index is -1.01. The molecule has 8 heteroatoms. The fourth-order valence-electron chi connectivity index (χ4n) is 3.62. The first-order valence-corrected chi connectivity index (χ1v) is 10.3. The van der Waals surface area contributed by atoms with Crippen molar-refractivity contribution in [2.75, 3.05) is 0 Å². The molecular weight excluding hydrogens is 408 g/mol. The Hall–Kier alpha value is -4.07. The van der Waals surface area contributed by atoms with Gasteiger partial charge >= 0.3 is 5.97 Å². The molecule has 162 valence electrons. The third kappa shape index (κ3) is 4.80. The molecule has 0 saturated heterocycles. The molecule has 0 spiro atoms. The molecule has 2 N–H and O–H groups in total. The number of carboxylic acid groups (broad SMARTS) is 1. The predicted octanol–water partition coefficient (Wildman–Crippen LogP) is 3.01. The molecule has 0 radical (unpaired) electrons. The molecule has 1 aromatic carbocycles. The van der Waals surface area contributed by atoms with Gasteiger partial charge in [0, 0.05) is 41.8 Å². The van der Waals surface area contributed by atoms with Crippen LogP contribution in [0.25, 0.3) is 22.2 Å². The number of aryl methyl sites for hydroxylation is 2. The quantitative estimate of drug-likeness (QED) is 0.421. The monoisotopic (exact) mass is 430 g/mol. The van der Waals surface area contributed by atoms with Crippen molar-refractivity contribution in [3.8, 4) is 11.3 Å². The van der Waals surface area contributed by atoms with Crippen LogP contribution in [0.3, 0.4) is 0 Å². The van der Waals surface area contributed by atoms with E-state index in [4.69, 9.17) is 5.11 Å². The summed E-state index contributed by atoms with van der Waals surface area (Å²) >= 11 is 0. The first kappa shape index (κ1) is 21.2. The molecule has 0 unspecified atom stereocenters. The number of nitrogens with zero attached hydrogens (tertiary/aromatic N) is 3. The second-order valence-corrected chi connectivity index (χ2v) is 7.54. The van der Waals surface area contributed by atoms with Crippen LogP contribution in [0, 0.1) is 0 Å². The molecule has 0 aliphatic carbocycles. The molecule has 0 bridgehead atoms. The number of ketones is 1. The third-order valence-corrected chi connectivity index (χ3v) is 5.26. The molecule has 0 amide bonds. The van der Waals surface area contributed by atoms with Gasteiger partial charge in [-0.05, 0) is 24.1 Å². The smallest absolute Gasteiger partial charge is 0.303 e. The molecule has 0 aliphatic rings. The average Bonchev–Trinajstić information content (AvgIpc) is 3.22. The second-order valence-electron chi connectivity index (χ2n) is 7.54. The lowest BCUT2D eigenvalue weighted by Gasteiger charge is -2.13. The maximum atomic E-state index is 13.0. The number of Topliss-reactive ketones (excluding diaryl/α,β-unsaturated/α-hetero) is 1. The second kappa shape index (κ2) is 9.38. The van der Waals surface area contributed by atoms with Gasteiger partial charge in [-0.2, -0.15) is 0 Å². The van der Waals surface area contributed by atoms with Gasteiger partial charge < -0.3 is 10.1 Å². The Balaban J connectivity index is 1.56. The normalized spacial score (nSPS) is 11.0. The molecule has 4 aromatic rings. The summed E-state index contributed by atoms with van der Waals surface area (Å²) in [6.07, 6.45) is 5.59. The number of benzene rings is 1. The van der Waals surface area contributed by atoms with E-state index in [0.717, 1.165) is 22.2 Å². The fourth-order valence-corrected chi connectivity index (χ4v) is 3.62. The Bertz CT molecular complexity index is 1290. The lowest BCUT2D eigenvalue weighted by atomic mass is 10.1. The minimum absolute atomic E-state index is 0.0144. The molecule has 0 atom stereocenters. The number of carbonyl (C=O) groups is 2. The van der Waals surface area contributed by atoms with Crippen LogP contribution >= 0.6 is 0 Å². The summed E-state index contributed by atoms with van der Waals surface area (Å²) in [7, 11) is 0. The lowest BCUT2D eigenvalue weighted by molar-refractivity contribution is -0.137. The third-order valence-electron chi connectivity index (χ3n) is 5.26. The van der Waals surface area contributed by atoms with Gasteiger partial charge in [0.25, 0.3) is 5.56 Å². The van der Waals surface area contributed by atoms with Crippen LogP contribution in [0.5, 0.6) is 0 Å². The van der Waals surface area contributed by atoms with E-state index in [1.165, 1.54) is 10.8 Å². The van der Waals surface area contributed by atoms with E-state index in [0.29, 0.717) is 12.1 Å². The van der Waals surface area contributed by atoms with Crippen molar-refractivity contribution in [2.24, 2.45) is 0 Å². The van der Waals surface area contributed by atoms with Crippen molar-refractivity contribution in [1.29, 1.82) is 0 Å². The van der Waals surface area contributed by atoms with Crippen LogP contribution in [-0.2, 0) is 29.0 Å². The van der Waals surface area contributed by atoms with Crippen LogP contribution < -0.4 is 5.56 Å². The first-order valence-electron chi connectivity index (χ1n) is 10.3. The van der Waals surface area contributed by atoms with Crippen LogP contribution in [0.4, 0.5) is 0 Å². The van der Waals surface area contributed by atoms with Crippen molar-refractivity contribution < 1.29 is 14.7 Å². The lowest BCUT2D eigenvalue weighted by Crippen LogP contribution is -2.30. The number of rotatable bonds is 9. The molecular formula is C24H22N4O4. The molecule has 3 aromatic heterocycles. The Morgan fingerprint density at radius 1 is 1.03 bits per heavy atom. The van der Waals surface area contributed by atoms with E-state index in [1.807, 2.05) is 42.5 Å². The number of H-pyrrole nitrogens is 1. The van der Waals surface area contributed by atoms with Crippen molar-refractivity contribution in [3.63, 3.8) is 0 Å². The van der Waals surface area contributed by atoms with Crippen LogP contribution in [-0.4, -0.2) is 36.4 Å². The first-order chi connectivity index (χ1) is 15.5. The Labute approximate surface area is 183 Å². The fraction of sp³-hybridized carbons (Fsp3) is 0.208. The van der Waals surface area contributed by atoms with Gasteiger partial charge in [-0.25, -0.2) is 0 Å². The van der Waals surface area contributed by atoms with Gasteiger partial charge in [0.1, 0.15) is 5.69 Å². The van der Waals surface area contributed by atoms with Gasteiger partial charge in [-0.1, -0.05) is 30.3 Å². The largest absolute Gasteiger partial charge is 0.481 e. The number of fused-ring (bicyclic) bond motifs is 1. The van der Waals surface area contributed by atoms with Crippen LogP contribution in [0.1, 0.15) is 24.2 Å². The van der Waals surface area contributed by atoms with E-state index in [-0.39, 0.29) is 37.3 Å². The molecule has 4 rings (SSSR count). The number of pyridine rings is 1. The van der Waals surface area contributed by atoms with E-state index in [9.17, 15) is 14.4 Å². The summed E-state index contributed by atoms with van der Waals surface area (Å²) in [6, 6.07) is 13.1. The maximum absolute atomic E-state index is 13.0. The number of nitrogens with one attached hydrogen (secondary N) is 1. The zero-order chi connectivity index (χ0) is 22.5. The van der Waals surface area contributed by atoms with Crippen molar-refractivity contribution >= 4 is 22.7 Å². The number of hydrogen-bond acceptors (Lipinski definition) is 5. The van der Waals surface area contributed by atoms with Gasteiger partial charge in [0.05, 0.1) is 24.9 Å². The number of aromatic amines is 1. The molecule has 3 heterocycles. The average molecular weight is 430 g/mol. The van der Waals surface area contributed by atoms with E-state index in [2.05, 4.69) is 15.0 Å². The molecule has 8 nitrogen and oxygen atoms in total. The molecule has 0 aliphatic heterocycles. The van der Waals surface area contributed by atoms with Crippen molar-refractivity contribution in [3.05, 3.63) is 82.8 Å². The van der Waals surface area contributed by atoms with Gasteiger partial charge in [-0.3, -0.25) is 28.9 Å². The van der Waals surface area contributed by atoms with E-state index < -0.39 is 11.5 Å². The Morgan fingerprint density at radius 3 is 2.59 bits per heavy atom. The van der Waals surface area contributed by atoms with Crippen molar-refractivity contribution in [1.82, 2.24) is 19.5 Å². The van der Waals surface area contributed by atoms with Crippen LogP contribution in [0.2, 0.25) is 0 Å². The van der Waals surface area contributed by atoms with E-state index in [1.54, 1.807) is 12.4 Å². The summed E-state index contributed by atoms with van der Waals surface area (Å²) in [5.74, 6) is -1.11. The topological polar surface area (TPSA) is 118 Å². The highest BCUT2D eigenvalue weighted by atomic mass is 16.4. The maximum Gasteiger partial charge on any atom is 0.303 e. The Kier molecular flexibility index (Phi) is 6.21. The predicted molar refractivity (Wildman–Crippen MR) is 119 cm³/mol. The molecule has 0 saturated carbocycles. The summed E-state index contributed by atoms with van der Waals surface area (Å²) in [5.41, 5.74) is 2.88. The van der Waals surface area contributed by atoms with Crippen LogP contribution in [0.15, 0.2) is 65.8 Å². The number of aliphatic carboxylic acids is 1.